The van der Waals surface area contributed by atoms with Gasteiger partial charge in [-0.15, -0.1) is 0 Å². The van der Waals surface area contributed by atoms with Crippen LogP contribution in [0.15, 0.2) is 83.3 Å². The zero-order chi connectivity index (χ0) is 38.3. The molecule has 2 aromatic carbocycles. The summed E-state index contributed by atoms with van der Waals surface area (Å²) in [6, 6.07) is 16.6. The molecule has 1 amide bonds. The summed E-state index contributed by atoms with van der Waals surface area (Å²) in [5.74, 6) is 0.962. The molecule has 3 unspecified atom stereocenters. The summed E-state index contributed by atoms with van der Waals surface area (Å²) >= 11 is 6.38. The van der Waals surface area contributed by atoms with Crippen molar-refractivity contribution in [3.8, 4) is 11.4 Å². The third-order valence-corrected chi connectivity index (χ3v) is 7.51. The number of anilines is 1. The number of aldehydes is 1. The van der Waals surface area contributed by atoms with Gasteiger partial charge in [-0.1, -0.05) is 75.7 Å². The number of carbonyl (C=O) groups is 2. The standard InChI is InChI=1S/C25H27ClF2N8O2.C6H6N2O.C5H12/c1-35(22(13-38-2)17-7-8-20(26)19(9-17)23-30-14-31-34-23)25(29)33-21(12-37)16-5-3-15(4-6-16)18-10-32-36(11-18)24(27)28;9-5-8-6-3-1-2-4-7-6;1-5(2,3)4/h3-10,12,14,18,21-22,24H,11,13H2,1-2H3,(H2,29,33)(H,30,31,34);1-5H,(H,7,8,9);1-4H3. The Morgan fingerprint density at radius 2 is 1.83 bits per heavy atom. The Kier molecular flexibility index (Phi) is 15.8. The maximum Gasteiger partial charge on any atom is 0.329 e. The third kappa shape index (κ3) is 12.8. The molecule has 52 heavy (non-hydrogen) atoms. The Morgan fingerprint density at radius 3 is 2.37 bits per heavy atom. The maximum absolute atomic E-state index is 12.9. The van der Waals surface area contributed by atoms with E-state index >= 15 is 0 Å². The second-order valence-corrected chi connectivity index (χ2v) is 13.5. The first kappa shape index (κ1) is 41.1. The lowest BCUT2D eigenvalue weighted by atomic mass is 9.98. The topological polar surface area (TPSA) is 167 Å². The average Bonchev–Trinajstić information content (AvgIpc) is 3.84. The number of hydrogen-bond donors (Lipinski definition) is 3. The number of amides is 1. The highest BCUT2D eigenvalue weighted by molar-refractivity contribution is 6.33. The molecule has 0 aliphatic carbocycles. The molecule has 278 valence electrons. The van der Waals surface area contributed by atoms with Crippen molar-refractivity contribution in [2.24, 2.45) is 21.2 Å². The minimum absolute atomic E-state index is 0.0910. The molecule has 16 heteroatoms. The lowest BCUT2D eigenvalue weighted by molar-refractivity contribution is -0.109. The summed E-state index contributed by atoms with van der Waals surface area (Å²) in [6.07, 6.45) is 5.80. The van der Waals surface area contributed by atoms with Crippen LogP contribution in [0.4, 0.5) is 14.6 Å². The number of halogens is 3. The van der Waals surface area contributed by atoms with E-state index in [2.05, 4.69) is 63.3 Å². The quantitative estimate of drug-likeness (QED) is 0.0653. The largest absolute Gasteiger partial charge is 0.382 e. The number of methoxy groups -OCH3 is 1. The molecule has 0 radical (unpaired) electrons. The van der Waals surface area contributed by atoms with Crippen molar-refractivity contribution in [2.75, 3.05) is 32.6 Å². The highest BCUT2D eigenvalue weighted by atomic mass is 35.5. The van der Waals surface area contributed by atoms with Crippen LogP contribution in [0.25, 0.3) is 11.4 Å². The van der Waals surface area contributed by atoms with Crippen LogP contribution in [0.3, 0.4) is 0 Å². The number of aliphatic imine (C=N–C) groups is 1. The van der Waals surface area contributed by atoms with Crippen LogP contribution >= 0.6 is 11.6 Å². The summed E-state index contributed by atoms with van der Waals surface area (Å²) in [4.78, 5) is 35.9. The van der Waals surface area contributed by atoms with E-state index in [4.69, 9.17) is 22.1 Å². The number of H-pyrrole nitrogens is 1. The van der Waals surface area contributed by atoms with Crippen LogP contribution in [0.2, 0.25) is 5.02 Å². The zero-order valence-corrected chi connectivity index (χ0v) is 30.7. The predicted molar refractivity (Wildman–Crippen MR) is 199 cm³/mol. The number of rotatable bonds is 12. The van der Waals surface area contributed by atoms with Crippen molar-refractivity contribution in [2.45, 2.75) is 52.2 Å². The fraction of sp³-hybridized carbons (Fsp3) is 0.361. The SMILES string of the molecule is CC(C)(C)C.COCC(c1ccc(Cl)c(-c2ncn[nH]2)c1)N(C)C(N)=NC(C=O)c1ccc(C2C=NN(C(F)F)C2)cc1.O=CNc1ccccn1. The number of benzene rings is 2. The molecule has 0 saturated heterocycles. The number of pyridine rings is 1. The van der Waals surface area contributed by atoms with Gasteiger partial charge in [0.15, 0.2) is 11.8 Å². The maximum atomic E-state index is 12.9. The van der Waals surface area contributed by atoms with Crippen molar-refractivity contribution in [3.63, 3.8) is 0 Å². The predicted octanol–water partition coefficient (Wildman–Crippen LogP) is 6.31. The minimum atomic E-state index is -2.65. The number of carbonyl (C=O) groups excluding carboxylic acids is 2. The Hall–Kier alpha value is -5.28. The number of nitrogens with zero attached hydrogens (tertiary/aromatic N) is 7. The van der Waals surface area contributed by atoms with Gasteiger partial charge in [-0.05, 0) is 46.4 Å². The Labute approximate surface area is 307 Å². The van der Waals surface area contributed by atoms with Crippen LogP contribution in [0.5, 0.6) is 0 Å². The van der Waals surface area contributed by atoms with E-state index in [1.165, 1.54) is 12.5 Å². The second-order valence-electron chi connectivity index (χ2n) is 13.1. The minimum Gasteiger partial charge on any atom is -0.382 e. The van der Waals surface area contributed by atoms with E-state index < -0.39 is 12.6 Å². The van der Waals surface area contributed by atoms with Crippen molar-refractivity contribution in [3.05, 3.63) is 94.9 Å². The van der Waals surface area contributed by atoms with Crippen LogP contribution in [0, 0.1) is 5.41 Å². The lowest BCUT2D eigenvalue weighted by Gasteiger charge is -2.29. The van der Waals surface area contributed by atoms with Gasteiger partial charge in [-0.2, -0.15) is 19.0 Å². The van der Waals surface area contributed by atoms with Gasteiger partial charge < -0.3 is 25.5 Å². The van der Waals surface area contributed by atoms with E-state index in [1.54, 1.807) is 73.8 Å². The lowest BCUT2D eigenvalue weighted by Crippen LogP contribution is -2.39. The molecule has 0 spiro atoms. The first-order chi connectivity index (χ1) is 24.7. The van der Waals surface area contributed by atoms with E-state index in [0.29, 0.717) is 45.9 Å². The van der Waals surface area contributed by atoms with Gasteiger partial charge in [-0.3, -0.25) is 9.89 Å². The number of ether oxygens (including phenoxy) is 1. The molecule has 0 fully saturated rings. The molecular formula is C36H45ClF2N10O3. The number of aromatic nitrogens is 4. The first-order valence-electron chi connectivity index (χ1n) is 16.2. The number of guanidine groups is 1. The number of alkyl halides is 2. The number of likely N-dealkylation sites (N-methyl/N-ethyl adjacent to an activating group) is 1. The van der Waals surface area contributed by atoms with Crippen LogP contribution in [-0.4, -0.2) is 88.8 Å². The first-order valence-corrected chi connectivity index (χ1v) is 16.6. The summed E-state index contributed by atoms with van der Waals surface area (Å²) in [7, 11) is 3.33. The monoisotopic (exact) mass is 738 g/mol. The summed E-state index contributed by atoms with van der Waals surface area (Å²) in [5, 5.41) is 14.1. The molecule has 0 bridgehead atoms. The third-order valence-electron chi connectivity index (χ3n) is 7.18. The van der Waals surface area contributed by atoms with Gasteiger partial charge in [0.25, 0.3) is 0 Å². The molecular weight excluding hydrogens is 694 g/mol. The highest BCUT2D eigenvalue weighted by Crippen LogP contribution is 2.31. The van der Waals surface area contributed by atoms with Crippen molar-refractivity contribution >= 4 is 42.3 Å². The van der Waals surface area contributed by atoms with Gasteiger partial charge in [-0.25, -0.2) is 20.0 Å². The molecule has 4 N–H and O–H groups in total. The summed E-state index contributed by atoms with van der Waals surface area (Å²) in [6.45, 7) is 6.48. The Bertz CT molecular complexity index is 1730. The molecule has 3 heterocycles. The molecule has 5 rings (SSSR count). The fourth-order valence-electron chi connectivity index (χ4n) is 4.67. The van der Waals surface area contributed by atoms with E-state index in [1.807, 2.05) is 12.1 Å². The van der Waals surface area contributed by atoms with Gasteiger partial charge in [0, 0.05) is 38.1 Å². The van der Waals surface area contributed by atoms with Crippen LogP contribution < -0.4 is 11.1 Å². The van der Waals surface area contributed by atoms with E-state index in [9.17, 15) is 18.4 Å². The summed E-state index contributed by atoms with van der Waals surface area (Å²) in [5.41, 5.74) is 9.78. The van der Waals surface area contributed by atoms with E-state index in [0.717, 1.165) is 16.1 Å². The number of nitrogens with one attached hydrogen (secondary N) is 2. The Morgan fingerprint density at radius 1 is 1.13 bits per heavy atom. The van der Waals surface area contributed by atoms with E-state index in [-0.39, 0.29) is 31.1 Å². The highest BCUT2D eigenvalue weighted by Gasteiger charge is 2.26. The number of nitrogens with two attached hydrogens (primary N) is 1. The normalized spacial score (nSPS) is 15.2. The average molecular weight is 739 g/mol. The molecule has 1 aliphatic heterocycles. The van der Waals surface area contributed by atoms with Crippen molar-refractivity contribution < 1.29 is 23.1 Å². The number of aromatic amines is 1. The molecule has 13 nitrogen and oxygen atoms in total. The van der Waals surface area contributed by atoms with Gasteiger partial charge in [0.1, 0.15) is 24.5 Å². The zero-order valence-electron chi connectivity index (χ0n) is 30.0. The van der Waals surface area contributed by atoms with Crippen molar-refractivity contribution in [1.82, 2.24) is 30.1 Å². The molecule has 2 aromatic heterocycles. The molecule has 4 aromatic rings. The second kappa shape index (κ2) is 19.9. The number of hydrogen-bond acceptors (Lipinski definition) is 9. The van der Waals surface area contributed by atoms with Gasteiger partial charge in [0.2, 0.25) is 6.41 Å². The fourth-order valence-corrected chi connectivity index (χ4v) is 4.87. The Balaban J connectivity index is 0.000000435. The van der Waals surface area contributed by atoms with Crippen molar-refractivity contribution in [1.29, 1.82) is 0 Å². The van der Waals surface area contributed by atoms with Crippen LogP contribution in [0.1, 0.15) is 62.4 Å². The summed E-state index contributed by atoms with van der Waals surface area (Å²) < 4.78 is 31.2. The number of hydrazone groups is 1. The van der Waals surface area contributed by atoms with Gasteiger partial charge in [0.05, 0.1) is 24.2 Å². The van der Waals surface area contributed by atoms with Crippen LogP contribution in [-0.2, 0) is 14.3 Å². The smallest absolute Gasteiger partial charge is 0.329 e. The molecule has 3 atom stereocenters. The molecule has 0 saturated carbocycles. The van der Waals surface area contributed by atoms with Gasteiger partial charge >= 0.3 is 6.55 Å². The molecule has 1 aliphatic rings.